The number of nitrogens with zero attached hydrogens (tertiary/aromatic N) is 3. The van der Waals surface area contributed by atoms with Crippen molar-refractivity contribution in [1.29, 1.82) is 0 Å². The third kappa shape index (κ3) is 3.41. The summed E-state index contributed by atoms with van der Waals surface area (Å²) in [5.74, 6) is 0.446. The van der Waals surface area contributed by atoms with Crippen LogP contribution >= 0.6 is 11.6 Å². The SMILES string of the molecule is CC(C)Cc1c(C=O)nnn1Cc1ccc(Cl)cc1. The van der Waals surface area contributed by atoms with E-state index in [-0.39, 0.29) is 0 Å². The van der Waals surface area contributed by atoms with Gasteiger partial charge in [-0.2, -0.15) is 0 Å². The molecule has 1 aromatic carbocycles. The van der Waals surface area contributed by atoms with Crippen LogP contribution in [0, 0.1) is 5.92 Å². The molecule has 19 heavy (non-hydrogen) atoms. The summed E-state index contributed by atoms with van der Waals surface area (Å²) < 4.78 is 1.78. The first-order valence-electron chi connectivity index (χ1n) is 6.22. The average Bonchev–Trinajstić information content (AvgIpc) is 2.74. The van der Waals surface area contributed by atoms with Crippen LogP contribution in [0.15, 0.2) is 24.3 Å². The molecule has 0 unspecified atom stereocenters. The van der Waals surface area contributed by atoms with Crippen LogP contribution in [0.4, 0.5) is 0 Å². The molecule has 1 heterocycles. The molecule has 0 atom stereocenters. The standard InChI is InChI=1S/C14H16ClN3O/c1-10(2)7-14-13(9-19)16-17-18(14)8-11-3-5-12(15)6-4-11/h3-6,9-10H,7-8H2,1-2H3. The number of halogens is 1. The van der Waals surface area contributed by atoms with E-state index in [1.165, 1.54) is 0 Å². The number of hydrogen-bond acceptors (Lipinski definition) is 3. The van der Waals surface area contributed by atoms with E-state index in [1.54, 1.807) is 4.68 Å². The Morgan fingerprint density at radius 1 is 1.32 bits per heavy atom. The molecule has 0 saturated carbocycles. The number of carbonyl (C=O) groups excluding carboxylic acids is 1. The molecule has 0 bridgehead atoms. The second-order valence-corrected chi connectivity index (χ2v) is 5.36. The van der Waals surface area contributed by atoms with Crippen molar-refractivity contribution in [2.24, 2.45) is 5.92 Å². The lowest BCUT2D eigenvalue weighted by atomic mass is 10.1. The molecule has 4 nitrogen and oxygen atoms in total. The second kappa shape index (κ2) is 5.97. The van der Waals surface area contributed by atoms with Crippen LogP contribution in [-0.2, 0) is 13.0 Å². The van der Waals surface area contributed by atoms with Gasteiger partial charge in [0.1, 0.15) is 5.69 Å². The molecule has 0 amide bonds. The molecule has 0 saturated heterocycles. The minimum Gasteiger partial charge on any atom is -0.296 e. The summed E-state index contributed by atoms with van der Waals surface area (Å²) in [4.78, 5) is 11.0. The van der Waals surface area contributed by atoms with Crippen LogP contribution in [-0.4, -0.2) is 21.3 Å². The van der Waals surface area contributed by atoms with Gasteiger partial charge in [0.15, 0.2) is 6.29 Å². The Balaban J connectivity index is 2.26. The smallest absolute Gasteiger partial charge is 0.172 e. The molecule has 0 radical (unpaired) electrons. The lowest BCUT2D eigenvalue weighted by Gasteiger charge is -2.09. The summed E-state index contributed by atoms with van der Waals surface area (Å²) in [5, 5.41) is 8.69. The Hall–Kier alpha value is -1.68. The van der Waals surface area contributed by atoms with Gasteiger partial charge in [-0.3, -0.25) is 4.79 Å². The van der Waals surface area contributed by atoms with Gasteiger partial charge in [0.05, 0.1) is 12.2 Å². The fourth-order valence-corrected chi connectivity index (χ4v) is 2.05. The molecule has 5 heteroatoms. The van der Waals surface area contributed by atoms with Gasteiger partial charge in [0.2, 0.25) is 0 Å². The molecule has 2 rings (SSSR count). The van der Waals surface area contributed by atoms with Crippen molar-refractivity contribution in [3.63, 3.8) is 0 Å². The summed E-state index contributed by atoms with van der Waals surface area (Å²) in [7, 11) is 0. The first-order chi connectivity index (χ1) is 9.10. The molecular weight excluding hydrogens is 262 g/mol. The first-order valence-corrected chi connectivity index (χ1v) is 6.60. The van der Waals surface area contributed by atoms with Crippen molar-refractivity contribution in [2.75, 3.05) is 0 Å². The highest BCUT2D eigenvalue weighted by atomic mass is 35.5. The van der Waals surface area contributed by atoms with Crippen molar-refractivity contribution >= 4 is 17.9 Å². The molecule has 1 aromatic heterocycles. The largest absolute Gasteiger partial charge is 0.296 e. The minimum absolute atomic E-state index is 0.433. The molecule has 0 aliphatic heterocycles. The summed E-state index contributed by atoms with van der Waals surface area (Å²) in [6, 6.07) is 7.58. The van der Waals surface area contributed by atoms with Crippen LogP contribution < -0.4 is 0 Å². The van der Waals surface area contributed by atoms with E-state index in [4.69, 9.17) is 11.6 Å². The minimum atomic E-state index is 0.433. The lowest BCUT2D eigenvalue weighted by molar-refractivity contribution is 0.111. The lowest BCUT2D eigenvalue weighted by Crippen LogP contribution is -2.10. The number of aromatic nitrogens is 3. The molecule has 0 spiro atoms. The van der Waals surface area contributed by atoms with E-state index in [9.17, 15) is 4.79 Å². The average molecular weight is 278 g/mol. The Bertz CT molecular complexity index is 561. The van der Waals surface area contributed by atoms with Crippen molar-refractivity contribution in [3.8, 4) is 0 Å². The fourth-order valence-electron chi connectivity index (χ4n) is 1.92. The van der Waals surface area contributed by atoms with Crippen molar-refractivity contribution in [1.82, 2.24) is 15.0 Å². The zero-order valence-electron chi connectivity index (χ0n) is 11.0. The molecule has 0 aliphatic rings. The van der Waals surface area contributed by atoms with Gasteiger partial charge in [-0.15, -0.1) is 5.10 Å². The third-order valence-electron chi connectivity index (χ3n) is 2.83. The predicted octanol–water partition coefficient (Wildman–Crippen LogP) is 2.99. The maximum atomic E-state index is 11.0. The highest BCUT2D eigenvalue weighted by Gasteiger charge is 2.13. The van der Waals surface area contributed by atoms with E-state index in [2.05, 4.69) is 24.2 Å². The summed E-state index contributed by atoms with van der Waals surface area (Å²) in [6.07, 6.45) is 1.55. The van der Waals surface area contributed by atoms with Crippen LogP contribution in [0.1, 0.15) is 35.6 Å². The van der Waals surface area contributed by atoms with Crippen LogP contribution in [0.2, 0.25) is 5.02 Å². The monoisotopic (exact) mass is 277 g/mol. The van der Waals surface area contributed by atoms with Gasteiger partial charge in [-0.05, 0) is 30.0 Å². The van der Waals surface area contributed by atoms with E-state index >= 15 is 0 Å². The highest BCUT2D eigenvalue weighted by Crippen LogP contribution is 2.14. The van der Waals surface area contributed by atoms with Gasteiger partial charge in [-0.1, -0.05) is 42.8 Å². The van der Waals surface area contributed by atoms with E-state index in [1.807, 2.05) is 24.3 Å². The van der Waals surface area contributed by atoms with Crippen molar-refractivity contribution in [3.05, 3.63) is 46.2 Å². The Morgan fingerprint density at radius 2 is 2.00 bits per heavy atom. The molecule has 2 aromatic rings. The highest BCUT2D eigenvalue weighted by molar-refractivity contribution is 6.30. The van der Waals surface area contributed by atoms with E-state index in [0.29, 0.717) is 23.2 Å². The van der Waals surface area contributed by atoms with Crippen LogP contribution in [0.3, 0.4) is 0 Å². The number of aldehydes is 1. The third-order valence-corrected chi connectivity index (χ3v) is 3.08. The zero-order chi connectivity index (χ0) is 13.8. The fraction of sp³-hybridized carbons (Fsp3) is 0.357. The topological polar surface area (TPSA) is 47.8 Å². The van der Waals surface area contributed by atoms with Gasteiger partial charge >= 0.3 is 0 Å². The van der Waals surface area contributed by atoms with Gasteiger partial charge < -0.3 is 0 Å². The molecule has 0 N–H and O–H groups in total. The molecule has 0 fully saturated rings. The summed E-state index contributed by atoms with van der Waals surface area (Å²) in [5.41, 5.74) is 2.40. The maximum Gasteiger partial charge on any atom is 0.172 e. The van der Waals surface area contributed by atoms with E-state index in [0.717, 1.165) is 24.0 Å². The number of benzene rings is 1. The molecule has 0 aliphatic carbocycles. The zero-order valence-corrected chi connectivity index (χ0v) is 11.8. The Labute approximate surface area is 117 Å². The number of carbonyl (C=O) groups is 1. The van der Waals surface area contributed by atoms with Crippen LogP contribution in [0.25, 0.3) is 0 Å². The van der Waals surface area contributed by atoms with Gasteiger partial charge in [-0.25, -0.2) is 4.68 Å². The quantitative estimate of drug-likeness (QED) is 0.790. The number of rotatable bonds is 5. The maximum absolute atomic E-state index is 11.0. The normalized spacial score (nSPS) is 10.9. The van der Waals surface area contributed by atoms with Gasteiger partial charge in [0, 0.05) is 5.02 Å². The first kappa shape index (κ1) is 13.7. The molecular formula is C14H16ClN3O. The Morgan fingerprint density at radius 3 is 2.58 bits per heavy atom. The number of hydrogen-bond donors (Lipinski definition) is 0. The van der Waals surface area contributed by atoms with Gasteiger partial charge in [0.25, 0.3) is 0 Å². The van der Waals surface area contributed by atoms with Crippen molar-refractivity contribution < 1.29 is 4.79 Å². The van der Waals surface area contributed by atoms with Crippen LogP contribution in [0.5, 0.6) is 0 Å². The van der Waals surface area contributed by atoms with E-state index < -0.39 is 0 Å². The summed E-state index contributed by atoms with van der Waals surface area (Å²) in [6.45, 7) is 4.81. The summed E-state index contributed by atoms with van der Waals surface area (Å²) >= 11 is 5.86. The second-order valence-electron chi connectivity index (χ2n) is 4.92. The molecule has 100 valence electrons. The van der Waals surface area contributed by atoms with Crippen molar-refractivity contribution in [2.45, 2.75) is 26.8 Å². The Kier molecular flexibility index (Phi) is 4.32. The predicted molar refractivity (Wildman–Crippen MR) is 74.5 cm³/mol.